The van der Waals surface area contributed by atoms with Gasteiger partial charge in [0.05, 0.1) is 5.38 Å². The van der Waals surface area contributed by atoms with E-state index in [2.05, 4.69) is 54.6 Å². The van der Waals surface area contributed by atoms with Crippen molar-refractivity contribution >= 4 is 11.6 Å². The minimum atomic E-state index is 0.174. The van der Waals surface area contributed by atoms with Crippen LogP contribution >= 0.6 is 11.6 Å². The van der Waals surface area contributed by atoms with Crippen molar-refractivity contribution in [3.8, 4) is 11.1 Å². The summed E-state index contributed by atoms with van der Waals surface area (Å²) in [6, 6.07) is 19.4. The fourth-order valence-electron chi connectivity index (χ4n) is 3.37. The highest BCUT2D eigenvalue weighted by atomic mass is 35.5. The summed E-state index contributed by atoms with van der Waals surface area (Å²) in [5.41, 5.74) is 3.82. The molecular weight excluding hydrogens is 276 g/mol. The fraction of sp³-hybridized carbons (Fsp3) is 0.400. The van der Waals surface area contributed by atoms with Crippen molar-refractivity contribution in [2.45, 2.75) is 43.9 Å². The summed E-state index contributed by atoms with van der Waals surface area (Å²) in [5, 5.41) is 0.174. The first-order valence-corrected chi connectivity index (χ1v) is 8.58. The van der Waals surface area contributed by atoms with Crippen molar-refractivity contribution in [1.82, 2.24) is 0 Å². The molecule has 0 aliphatic heterocycles. The standard InChI is InChI=1S/C20H23Cl/c21-20(18-10-4-1-2-5-11-18)19-14-12-17(13-15-19)16-8-6-3-7-9-16/h3,6-9,12-15,18,20H,1-2,4-5,10-11H2. The van der Waals surface area contributed by atoms with Crippen LogP contribution in [0, 0.1) is 5.92 Å². The Morgan fingerprint density at radius 3 is 1.90 bits per heavy atom. The van der Waals surface area contributed by atoms with E-state index in [1.807, 2.05) is 0 Å². The largest absolute Gasteiger partial charge is 0.118 e. The average molecular weight is 299 g/mol. The molecule has 0 bridgehead atoms. The van der Waals surface area contributed by atoms with Crippen LogP contribution in [-0.4, -0.2) is 0 Å². The van der Waals surface area contributed by atoms with E-state index in [0.717, 1.165) is 0 Å². The van der Waals surface area contributed by atoms with Crippen LogP contribution in [0.15, 0.2) is 54.6 Å². The molecule has 0 saturated heterocycles. The quantitative estimate of drug-likeness (QED) is 0.442. The molecule has 1 fully saturated rings. The molecule has 21 heavy (non-hydrogen) atoms. The Bertz CT molecular complexity index is 536. The van der Waals surface area contributed by atoms with Crippen molar-refractivity contribution in [3.05, 3.63) is 60.2 Å². The smallest absolute Gasteiger partial charge is 0.0613 e. The lowest BCUT2D eigenvalue weighted by Gasteiger charge is -2.21. The Labute approximate surface area is 133 Å². The molecule has 0 heterocycles. The van der Waals surface area contributed by atoms with Crippen LogP contribution in [0.1, 0.15) is 49.5 Å². The molecule has 0 aromatic heterocycles. The Morgan fingerprint density at radius 2 is 1.29 bits per heavy atom. The molecular formula is C20H23Cl. The summed E-state index contributed by atoms with van der Waals surface area (Å²) in [6.07, 6.45) is 8.02. The molecule has 0 amide bonds. The minimum Gasteiger partial charge on any atom is -0.118 e. The molecule has 0 N–H and O–H groups in total. The second kappa shape index (κ2) is 7.13. The van der Waals surface area contributed by atoms with Gasteiger partial charge in [-0.3, -0.25) is 0 Å². The van der Waals surface area contributed by atoms with Gasteiger partial charge in [-0.05, 0) is 35.4 Å². The molecule has 0 spiro atoms. The first kappa shape index (κ1) is 14.7. The van der Waals surface area contributed by atoms with Crippen LogP contribution in [-0.2, 0) is 0 Å². The normalized spacial score (nSPS) is 18.1. The van der Waals surface area contributed by atoms with Gasteiger partial charge in [0.2, 0.25) is 0 Å². The molecule has 2 aromatic rings. The zero-order valence-corrected chi connectivity index (χ0v) is 13.2. The van der Waals surface area contributed by atoms with Gasteiger partial charge in [0.1, 0.15) is 0 Å². The van der Waals surface area contributed by atoms with E-state index in [1.54, 1.807) is 0 Å². The summed E-state index contributed by atoms with van der Waals surface area (Å²) in [5.74, 6) is 0.650. The lowest BCUT2D eigenvalue weighted by Crippen LogP contribution is -2.07. The molecule has 0 radical (unpaired) electrons. The van der Waals surface area contributed by atoms with Crippen molar-refractivity contribution in [2.75, 3.05) is 0 Å². The van der Waals surface area contributed by atoms with Crippen molar-refractivity contribution in [2.24, 2.45) is 5.92 Å². The number of halogens is 1. The van der Waals surface area contributed by atoms with Crippen LogP contribution in [0.3, 0.4) is 0 Å². The Kier molecular flexibility index (Phi) is 4.98. The van der Waals surface area contributed by atoms with Gasteiger partial charge >= 0.3 is 0 Å². The first-order valence-electron chi connectivity index (χ1n) is 8.14. The summed E-state index contributed by atoms with van der Waals surface area (Å²) in [7, 11) is 0. The third-order valence-electron chi connectivity index (χ3n) is 4.65. The van der Waals surface area contributed by atoms with Gasteiger partial charge in [-0.15, -0.1) is 11.6 Å². The van der Waals surface area contributed by atoms with E-state index < -0.39 is 0 Å². The second-order valence-electron chi connectivity index (χ2n) is 6.14. The summed E-state index contributed by atoms with van der Waals surface area (Å²) in [4.78, 5) is 0. The van der Waals surface area contributed by atoms with E-state index in [0.29, 0.717) is 5.92 Å². The maximum absolute atomic E-state index is 6.76. The second-order valence-corrected chi connectivity index (χ2v) is 6.61. The number of hydrogen-bond acceptors (Lipinski definition) is 0. The van der Waals surface area contributed by atoms with Crippen LogP contribution in [0.25, 0.3) is 11.1 Å². The third-order valence-corrected chi connectivity index (χ3v) is 5.26. The van der Waals surface area contributed by atoms with Gasteiger partial charge in [-0.1, -0.05) is 80.3 Å². The highest BCUT2D eigenvalue weighted by molar-refractivity contribution is 6.21. The number of hydrogen-bond donors (Lipinski definition) is 0. The minimum absolute atomic E-state index is 0.174. The van der Waals surface area contributed by atoms with Gasteiger partial charge < -0.3 is 0 Å². The topological polar surface area (TPSA) is 0 Å². The number of rotatable bonds is 3. The molecule has 3 rings (SSSR count). The summed E-state index contributed by atoms with van der Waals surface area (Å²) < 4.78 is 0. The van der Waals surface area contributed by atoms with E-state index in [9.17, 15) is 0 Å². The molecule has 110 valence electrons. The SMILES string of the molecule is ClC(c1ccc(-c2ccccc2)cc1)C1CCCCCC1. The zero-order valence-electron chi connectivity index (χ0n) is 12.5. The molecule has 1 heteroatoms. The van der Waals surface area contributed by atoms with Crippen molar-refractivity contribution in [3.63, 3.8) is 0 Å². The number of alkyl halides is 1. The monoisotopic (exact) mass is 298 g/mol. The Balaban J connectivity index is 1.74. The maximum atomic E-state index is 6.76. The zero-order chi connectivity index (χ0) is 14.5. The molecule has 1 saturated carbocycles. The molecule has 0 nitrogen and oxygen atoms in total. The Hall–Kier alpha value is -1.27. The summed E-state index contributed by atoms with van der Waals surface area (Å²) >= 11 is 6.76. The molecule has 1 unspecified atom stereocenters. The highest BCUT2D eigenvalue weighted by Gasteiger charge is 2.22. The van der Waals surface area contributed by atoms with E-state index in [1.165, 1.54) is 55.2 Å². The van der Waals surface area contributed by atoms with Gasteiger partial charge in [0.15, 0.2) is 0 Å². The first-order chi connectivity index (χ1) is 10.3. The molecule has 1 aliphatic carbocycles. The van der Waals surface area contributed by atoms with Crippen LogP contribution in [0.4, 0.5) is 0 Å². The fourth-order valence-corrected chi connectivity index (χ4v) is 3.76. The lowest BCUT2D eigenvalue weighted by molar-refractivity contribution is 0.445. The number of benzene rings is 2. The molecule has 1 atom stereocenters. The van der Waals surface area contributed by atoms with E-state index in [4.69, 9.17) is 11.6 Å². The average Bonchev–Trinajstić information content (AvgIpc) is 2.84. The van der Waals surface area contributed by atoms with Gasteiger partial charge in [0.25, 0.3) is 0 Å². The molecule has 2 aromatic carbocycles. The van der Waals surface area contributed by atoms with Crippen molar-refractivity contribution in [1.29, 1.82) is 0 Å². The lowest BCUT2D eigenvalue weighted by atomic mass is 9.91. The predicted octanol–water partition coefficient (Wildman–Crippen LogP) is 6.60. The predicted molar refractivity (Wildman–Crippen MR) is 91.7 cm³/mol. The third kappa shape index (κ3) is 3.68. The van der Waals surface area contributed by atoms with Crippen LogP contribution in [0.2, 0.25) is 0 Å². The molecule has 1 aliphatic rings. The van der Waals surface area contributed by atoms with Crippen molar-refractivity contribution < 1.29 is 0 Å². The maximum Gasteiger partial charge on any atom is 0.0613 e. The van der Waals surface area contributed by atoms with Crippen LogP contribution in [0.5, 0.6) is 0 Å². The van der Waals surface area contributed by atoms with E-state index in [-0.39, 0.29) is 5.38 Å². The van der Waals surface area contributed by atoms with E-state index >= 15 is 0 Å². The Morgan fingerprint density at radius 1 is 0.714 bits per heavy atom. The van der Waals surface area contributed by atoms with Crippen LogP contribution < -0.4 is 0 Å². The van der Waals surface area contributed by atoms with Gasteiger partial charge in [0, 0.05) is 0 Å². The van der Waals surface area contributed by atoms with Gasteiger partial charge in [-0.2, -0.15) is 0 Å². The highest BCUT2D eigenvalue weighted by Crippen LogP contribution is 2.38. The summed E-state index contributed by atoms with van der Waals surface area (Å²) in [6.45, 7) is 0. The van der Waals surface area contributed by atoms with Gasteiger partial charge in [-0.25, -0.2) is 0 Å².